The lowest BCUT2D eigenvalue weighted by Crippen LogP contribution is -2.29. The molecule has 0 radical (unpaired) electrons. The lowest BCUT2D eigenvalue weighted by Gasteiger charge is -2.19. The Kier molecular flexibility index (Phi) is 3.78. The van der Waals surface area contributed by atoms with E-state index >= 15 is 0 Å². The highest BCUT2D eigenvalue weighted by Gasteiger charge is 2.34. The zero-order valence-corrected chi connectivity index (χ0v) is 20.4. The average molecular weight is 431 g/mol. The Bertz CT molecular complexity index is 1840. The maximum absolute atomic E-state index is 7.99. The molecular weight excluding hydrogens is 402 g/mol. The molecule has 0 amide bonds. The van der Waals surface area contributed by atoms with Gasteiger partial charge in [-0.05, 0) is 68.0 Å². The van der Waals surface area contributed by atoms with Crippen molar-refractivity contribution in [2.45, 2.75) is 47.1 Å². The van der Waals surface area contributed by atoms with Gasteiger partial charge in [0.05, 0.1) is 27.3 Å². The minimum atomic E-state index is -0.617. The number of aromatic nitrogens is 2. The summed E-state index contributed by atoms with van der Waals surface area (Å²) in [5, 5.41) is 6.27. The molecule has 0 fully saturated rings. The maximum Gasteiger partial charge on any atom is 0.252 e. The SMILES string of the molecule is [C-]#[N+]C(C)(C)c1cc2cc[n+](C)c3c4c(C)c(C)cc(C)c4n4c5ccc(C)cc5c1c4c23. The zero-order valence-electron chi connectivity index (χ0n) is 20.4. The first kappa shape index (κ1) is 20.0. The number of benzene rings is 3. The van der Waals surface area contributed by atoms with E-state index in [0.717, 1.165) is 5.56 Å². The predicted molar refractivity (Wildman–Crippen MR) is 138 cm³/mol. The average Bonchev–Trinajstić information content (AvgIpc) is 3.11. The van der Waals surface area contributed by atoms with Gasteiger partial charge < -0.3 is 9.25 Å². The van der Waals surface area contributed by atoms with Gasteiger partial charge in [0, 0.05) is 36.2 Å². The minimum absolute atomic E-state index is 0.617. The van der Waals surface area contributed by atoms with Gasteiger partial charge in [-0.25, -0.2) is 11.1 Å². The molecule has 0 aliphatic heterocycles. The van der Waals surface area contributed by atoms with Crippen LogP contribution in [0.2, 0.25) is 0 Å². The molecule has 162 valence electrons. The van der Waals surface area contributed by atoms with E-state index in [-0.39, 0.29) is 0 Å². The van der Waals surface area contributed by atoms with Gasteiger partial charge in [-0.15, -0.1) is 0 Å². The summed E-state index contributed by atoms with van der Waals surface area (Å²) < 4.78 is 4.76. The van der Waals surface area contributed by atoms with E-state index in [2.05, 4.69) is 91.2 Å². The predicted octanol–water partition coefficient (Wildman–Crippen LogP) is 7.20. The molecule has 0 saturated heterocycles. The van der Waals surface area contributed by atoms with Gasteiger partial charge in [0.15, 0.2) is 6.20 Å². The third-order valence-corrected chi connectivity index (χ3v) is 7.69. The lowest BCUT2D eigenvalue weighted by molar-refractivity contribution is -0.643. The summed E-state index contributed by atoms with van der Waals surface area (Å²) in [6.07, 6.45) is 2.17. The van der Waals surface area contributed by atoms with Crippen molar-refractivity contribution in [1.29, 1.82) is 0 Å². The molecule has 0 spiro atoms. The van der Waals surface area contributed by atoms with Gasteiger partial charge in [0.1, 0.15) is 7.05 Å². The van der Waals surface area contributed by atoms with Gasteiger partial charge in [-0.3, -0.25) is 0 Å². The number of nitrogens with zero attached hydrogens (tertiary/aromatic N) is 3. The standard InChI is InChI=1S/C30H28N3/c1-16-9-10-23-21(13-16)26-22(30(5,6)31-7)15-20-11-12-32(8)28-24-19(4)17(2)14-18(3)27(24)33(23)29(26)25(20)28/h9-15H,1-6,8H3/q+1. The minimum Gasteiger partial charge on any atom is -0.307 e. The number of fused-ring (bicyclic) bond motifs is 6. The molecule has 3 heteroatoms. The molecule has 0 atom stereocenters. The van der Waals surface area contributed by atoms with Crippen LogP contribution in [0.3, 0.4) is 0 Å². The summed E-state index contributed by atoms with van der Waals surface area (Å²) in [7, 11) is 2.15. The van der Waals surface area contributed by atoms with Crippen LogP contribution in [0.25, 0.3) is 53.8 Å². The van der Waals surface area contributed by atoms with E-state index in [1.165, 1.54) is 71.3 Å². The largest absolute Gasteiger partial charge is 0.307 e. The Morgan fingerprint density at radius 3 is 2.36 bits per heavy atom. The van der Waals surface area contributed by atoms with E-state index in [4.69, 9.17) is 6.57 Å². The fourth-order valence-corrected chi connectivity index (χ4v) is 5.90. The first-order valence-corrected chi connectivity index (χ1v) is 11.6. The summed E-state index contributed by atoms with van der Waals surface area (Å²) in [6.45, 7) is 20.9. The summed E-state index contributed by atoms with van der Waals surface area (Å²) >= 11 is 0. The Morgan fingerprint density at radius 2 is 1.64 bits per heavy atom. The van der Waals surface area contributed by atoms with Crippen LogP contribution in [-0.4, -0.2) is 4.40 Å². The molecule has 3 aromatic heterocycles. The van der Waals surface area contributed by atoms with E-state index in [1.807, 2.05) is 13.8 Å². The molecule has 3 nitrogen and oxygen atoms in total. The molecule has 3 aromatic carbocycles. The molecule has 6 aromatic rings. The van der Waals surface area contributed by atoms with Crippen LogP contribution in [0.15, 0.2) is 42.6 Å². The van der Waals surface area contributed by atoms with Gasteiger partial charge in [0.2, 0.25) is 5.52 Å². The Balaban J connectivity index is 2.13. The summed E-state index contributed by atoms with van der Waals surface area (Å²) in [4.78, 5) is 4.07. The van der Waals surface area contributed by atoms with Crippen molar-refractivity contribution in [1.82, 2.24) is 4.40 Å². The third-order valence-electron chi connectivity index (χ3n) is 7.69. The van der Waals surface area contributed by atoms with Gasteiger partial charge in [-0.2, -0.15) is 0 Å². The number of hydrogen-bond donors (Lipinski definition) is 0. The second-order valence-corrected chi connectivity index (χ2v) is 10.3. The highest BCUT2D eigenvalue weighted by atomic mass is 15.0. The summed E-state index contributed by atoms with van der Waals surface area (Å²) in [5.41, 5.74) is 10.7. The Labute approximate surface area is 194 Å². The zero-order chi connectivity index (χ0) is 23.4. The number of rotatable bonds is 1. The van der Waals surface area contributed by atoms with E-state index < -0.39 is 5.54 Å². The maximum atomic E-state index is 7.99. The third kappa shape index (κ3) is 2.36. The second-order valence-electron chi connectivity index (χ2n) is 10.3. The van der Waals surface area contributed by atoms with Gasteiger partial charge >= 0.3 is 0 Å². The van der Waals surface area contributed by atoms with Crippen molar-refractivity contribution in [3.05, 3.63) is 81.8 Å². The topological polar surface area (TPSA) is 12.7 Å². The van der Waals surface area contributed by atoms with E-state index in [9.17, 15) is 0 Å². The van der Waals surface area contributed by atoms with Crippen LogP contribution in [0.1, 0.15) is 41.7 Å². The highest BCUT2D eigenvalue weighted by molar-refractivity contribution is 6.28. The van der Waals surface area contributed by atoms with E-state index in [0.29, 0.717) is 0 Å². The molecule has 0 aliphatic rings. The summed E-state index contributed by atoms with van der Waals surface area (Å²) in [6, 6.07) is 13.6. The normalized spacial score (nSPS) is 12.7. The second kappa shape index (κ2) is 6.23. The fraction of sp³-hybridized carbons (Fsp3) is 0.267. The highest BCUT2D eigenvalue weighted by Crippen LogP contribution is 2.46. The molecule has 0 saturated carbocycles. The number of hydrogen-bond acceptors (Lipinski definition) is 0. The molecule has 0 aliphatic carbocycles. The molecular formula is C30H28N3+. The van der Waals surface area contributed by atoms with Crippen LogP contribution in [-0.2, 0) is 12.6 Å². The first-order valence-electron chi connectivity index (χ1n) is 11.6. The van der Waals surface area contributed by atoms with Crippen molar-refractivity contribution in [2.24, 2.45) is 7.05 Å². The fourth-order valence-electron chi connectivity index (χ4n) is 5.90. The molecule has 3 heterocycles. The molecule has 6 rings (SSSR count). The quantitative estimate of drug-likeness (QED) is 0.113. The first-order chi connectivity index (χ1) is 15.7. The monoisotopic (exact) mass is 430 g/mol. The molecule has 0 bridgehead atoms. The van der Waals surface area contributed by atoms with Gasteiger partial charge in [0.25, 0.3) is 5.54 Å². The van der Waals surface area contributed by atoms with Crippen molar-refractivity contribution in [2.75, 3.05) is 0 Å². The molecule has 33 heavy (non-hydrogen) atoms. The van der Waals surface area contributed by atoms with Crippen LogP contribution in [0.5, 0.6) is 0 Å². The molecule has 0 N–H and O–H groups in total. The number of pyridine rings is 2. The Hall–Kier alpha value is -3.64. The van der Waals surface area contributed by atoms with Gasteiger partial charge in [-0.1, -0.05) is 17.7 Å². The lowest BCUT2D eigenvalue weighted by atomic mass is 9.87. The number of aryl methyl sites for hydroxylation is 5. The van der Waals surface area contributed by atoms with Crippen molar-refractivity contribution >= 4 is 49.0 Å². The van der Waals surface area contributed by atoms with Crippen molar-refractivity contribution in [3.63, 3.8) is 0 Å². The van der Waals surface area contributed by atoms with Crippen LogP contribution in [0, 0.1) is 34.3 Å². The Morgan fingerprint density at radius 1 is 0.879 bits per heavy atom. The molecule has 0 unspecified atom stereocenters. The van der Waals surface area contributed by atoms with E-state index in [1.54, 1.807) is 0 Å². The van der Waals surface area contributed by atoms with Crippen LogP contribution >= 0.6 is 0 Å². The summed E-state index contributed by atoms with van der Waals surface area (Å²) in [5.74, 6) is 0. The van der Waals surface area contributed by atoms with Crippen LogP contribution < -0.4 is 4.57 Å². The van der Waals surface area contributed by atoms with Crippen LogP contribution in [0.4, 0.5) is 0 Å². The van der Waals surface area contributed by atoms with Crippen molar-refractivity contribution in [3.8, 4) is 0 Å². The van der Waals surface area contributed by atoms with Crippen molar-refractivity contribution < 1.29 is 4.57 Å². The smallest absolute Gasteiger partial charge is 0.252 e.